The normalized spacial score (nSPS) is 12.3. The molecule has 0 amide bonds. The first-order valence-corrected chi connectivity index (χ1v) is 18.6. The number of aryl methyl sites for hydroxylation is 1. The predicted molar refractivity (Wildman–Crippen MR) is 181 cm³/mol. The molecule has 4 N–H and O–H groups in total. The second-order valence-corrected chi connectivity index (χ2v) is 15.5. The van der Waals surface area contributed by atoms with Crippen molar-refractivity contribution in [2.45, 2.75) is 77.3 Å². The third-order valence-electron chi connectivity index (χ3n) is 7.50. The fraction of sp³-hybridized carbons (Fsp3) is 0.464. The minimum Gasteiger partial charge on any atom is -0.383 e. The van der Waals surface area contributed by atoms with E-state index in [0.29, 0.717) is 25.5 Å². The van der Waals surface area contributed by atoms with Gasteiger partial charge in [-0.05, 0) is 60.3 Å². The molecule has 0 unspecified atom stereocenters. The first kappa shape index (κ1) is 36.2. The average Bonchev–Trinajstić information content (AvgIpc) is 3.73. The van der Waals surface area contributed by atoms with Crippen molar-refractivity contribution in [3.05, 3.63) is 51.8 Å². The van der Waals surface area contributed by atoms with E-state index < -0.39 is 31.2 Å². The topological polar surface area (TPSA) is 202 Å². The van der Waals surface area contributed by atoms with Crippen LogP contribution >= 0.6 is 15.9 Å². The van der Waals surface area contributed by atoms with Gasteiger partial charge in [0.15, 0.2) is 0 Å². The van der Waals surface area contributed by atoms with Crippen molar-refractivity contribution in [2.75, 3.05) is 25.6 Å². The number of aromatic nitrogens is 8. The molecule has 4 heterocycles. The first-order chi connectivity index (χ1) is 22.1. The summed E-state index contributed by atoms with van der Waals surface area (Å²) in [6.07, 6.45) is 10.2. The lowest BCUT2D eigenvalue weighted by molar-refractivity contribution is 0.502. The largest absolute Gasteiger partial charge is 0.383 e. The maximum atomic E-state index is 13.7. The summed E-state index contributed by atoms with van der Waals surface area (Å²) in [6, 6.07) is 3.72. The van der Waals surface area contributed by atoms with Crippen LogP contribution in [-0.2, 0) is 33.1 Å². The molecule has 0 aliphatic carbocycles. The third kappa shape index (κ3) is 7.42. The van der Waals surface area contributed by atoms with E-state index in [1.807, 2.05) is 0 Å². The van der Waals surface area contributed by atoms with Crippen LogP contribution in [0.15, 0.2) is 34.2 Å². The summed E-state index contributed by atoms with van der Waals surface area (Å²) in [5, 5.41) is 7.46. The smallest absolute Gasteiger partial charge is 0.323 e. The number of benzene rings is 1. The number of nitrogens with two attached hydrogens (primary N) is 2. The van der Waals surface area contributed by atoms with Gasteiger partial charge >= 0.3 is 20.2 Å². The zero-order chi connectivity index (χ0) is 34.7. The number of halogens is 2. The molecule has 5 aromatic rings. The number of fused-ring (bicyclic) bond motifs is 2. The maximum Gasteiger partial charge on any atom is 0.323 e. The predicted octanol–water partition coefficient (Wildman–Crippen LogP) is 4.09. The Morgan fingerprint density at radius 1 is 0.979 bits per heavy atom. The summed E-state index contributed by atoms with van der Waals surface area (Å²) in [4.78, 5) is 12.2. The van der Waals surface area contributed by atoms with Gasteiger partial charge in [0.2, 0.25) is 5.95 Å². The number of rotatable bonds is 12. The number of hydrogen-bond acceptors (Lipinski definition) is 11. The van der Waals surface area contributed by atoms with E-state index in [4.69, 9.17) is 11.5 Å². The van der Waals surface area contributed by atoms with Crippen LogP contribution in [0.5, 0.6) is 0 Å². The highest BCUT2D eigenvalue weighted by Gasteiger charge is 2.30. The molecule has 47 heavy (non-hydrogen) atoms. The number of unbranched alkanes of at least 4 members (excludes halogenated alkanes) is 5. The van der Waals surface area contributed by atoms with Gasteiger partial charge < -0.3 is 11.5 Å². The lowest BCUT2D eigenvalue weighted by Crippen LogP contribution is -2.29. The Kier molecular flexibility index (Phi) is 11.2. The van der Waals surface area contributed by atoms with Crippen molar-refractivity contribution < 1.29 is 21.2 Å². The van der Waals surface area contributed by atoms with Crippen molar-refractivity contribution in [3.63, 3.8) is 0 Å². The highest BCUT2D eigenvalue weighted by atomic mass is 79.9. The Morgan fingerprint density at radius 3 is 2.32 bits per heavy atom. The van der Waals surface area contributed by atoms with Crippen molar-refractivity contribution in [2.24, 2.45) is 0 Å². The van der Waals surface area contributed by atoms with Gasteiger partial charge in [0, 0.05) is 35.2 Å². The first-order valence-electron chi connectivity index (χ1n) is 15.0. The summed E-state index contributed by atoms with van der Waals surface area (Å²) in [6.45, 7) is 5.84. The Balaban J connectivity index is 0.000000218. The number of nitrogens with zero attached hydrogens (tertiary/aromatic N) is 9. The summed E-state index contributed by atoms with van der Waals surface area (Å²) in [7, 11) is -5.84. The van der Waals surface area contributed by atoms with E-state index in [9.17, 15) is 21.2 Å². The zero-order valence-corrected chi connectivity index (χ0v) is 30.1. The van der Waals surface area contributed by atoms with Crippen LogP contribution < -0.4 is 11.5 Å². The standard InChI is InChI=1S/C15H26N6.C13H13BrFN5O4S2/c1-3-5-6-7-8-9-10-11-12(4-2)18-15-19-14(17)20-21(15)13(11)16;1-8-12(14)10-5-4-9(15)6-11(10)20(8)25(21,22)13-16-7-19(17-13)26(23,24)18(2)3/h3-10,16H2,1-2H3,(H2,17,20);4-7H,1-3H3. The average molecular weight is 757 g/mol. The van der Waals surface area contributed by atoms with Crippen molar-refractivity contribution >= 4 is 64.6 Å². The molecule has 0 saturated carbocycles. The summed E-state index contributed by atoms with van der Waals surface area (Å²) in [5.41, 5.74) is 14.3. The molecule has 5 rings (SSSR count). The van der Waals surface area contributed by atoms with Gasteiger partial charge in [0.05, 0.1) is 11.2 Å². The lowest BCUT2D eigenvalue weighted by Gasteiger charge is -2.11. The minimum absolute atomic E-state index is 0.0844. The molecule has 15 nitrogen and oxygen atoms in total. The van der Waals surface area contributed by atoms with E-state index in [0.717, 1.165) is 51.2 Å². The van der Waals surface area contributed by atoms with Gasteiger partial charge in [-0.25, -0.2) is 18.3 Å². The molecule has 0 aliphatic heterocycles. The van der Waals surface area contributed by atoms with Crippen molar-refractivity contribution in [3.8, 4) is 0 Å². The quantitative estimate of drug-likeness (QED) is 0.174. The molecule has 0 radical (unpaired) electrons. The lowest BCUT2D eigenvalue weighted by atomic mass is 10.0. The molecule has 0 aliphatic rings. The molecular weight excluding hydrogens is 717 g/mol. The molecule has 256 valence electrons. The van der Waals surface area contributed by atoms with Gasteiger partial charge in [-0.3, -0.25) is 0 Å². The van der Waals surface area contributed by atoms with E-state index in [1.165, 1.54) is 65.3 Å². The van der Waals surface area contributed by atoms with Gasteiger partial charge in [0.1, 0.15) is 18.0 Å². The highest BCUT2D eigenvalue weighted by Crippen LogP contribution is 2.33. The summed E-state index contributed by atoms with van der Waals surface area (Å²) >= 11 is 3.29. The molecular formula is C28H39BrFN11O4S2. The fourth-order valence-corrected chi connectivity index (χ4v) is 7.77. The molecule has 0 spiro atoms. The second-order valence-electron chi connectivity index (χ2n) is 11.0. The molecule has 19 heteroatoms. The van der Waals surface area contributed by atoms with Crippen molar-refractivity contribution in [1.29, 1.82) is 0 Å². The van der Waals surface area contributed by atoms with Gasteiger partial charge in [-0.1, -0.05) is 46.0 Å². The van der Waals surface area contributed by atoms with Crippen LogP contribution in [0, 0.1) is 12.7 Å². The van der Waals surface area contributed by atoms with Crippen LogP contribution in [0.2, 0.25) is 0 Å². The van der Waals surface area contributed by atoms with Crippen LogP contribution in [0.1, 0.15) is 69.3 Å². The van der Waals surface area contributed by atoms with E-state index in [-0.39, 0.29) is 17.2 Å². The molecule has 0 saturated heterocycles. The van der Waals surface area contributed by atoms with E-state index in [2.05, 4.69) is 54.9 Å². The molecule has 0 fully saturated rings. The van der Waals surface area contributed by atoms with Crippen LogP contribution in [0.3, 0.4) is 0 Å². The van der Waals surface area contributed by atoms with Gasteiger partial charge in [0.25, 0.3) is 10.9 Å². The minimum atomic E-state index is -4.36. The second kappa shape index (κ2) is 14.6. The third-order valence-corrected chi connectivity index (χ3v) is 11.7. The molecule has 0 atom stereocenters. The molecule has 1 aromatic carbocycles. The van der Waals surface area contributed by atoms with E-state index in [1.54, 1.807) is 4.52 Å². The number of nitrogen functional groups attached to an aromatic ring is 2. The molecule has 4 aromatic heterocycles. The van der Waals surface area contributed by atoms with Gasteiger partial charge in [-0.2, -0.15) is 30.6 Å². The van der Waals surface area contributed by atoms with Crippen LogP contribution in [0.25, 0.3) is 16.7 Å². The van der Waals surface area contributed by atoms with Crippen LogP contribution in [0.4, 0.5) is 16.2 Å². The van der Waals surface area contributed by atoms with Crippen molar-refractivity contribution in [1.82, 2.24) is 42.0 Å². The maximum absolute atomic E-state index is 13.7. The van der Waals surface area contributed by atoms with E-state index >= 15 is 0 Å². The van der Waals surface area contributed by atoms with Crippen LogP contribution in [-0.4, -0.2) is 73.0 Å². The monoisotopic (exact) mass is 755 g/mol. The zero-order valence-electron chi connectivity index (χ0n) is 26.9. The Hall–Kier alpha value is -3.68. The Morgan fingerprint density at radius 2 is 1.66 bits per heavy atom. The number of hydrogen-bond donors (Lipinski definition) is 2. The SMILES string of the molecule is CCCCCCCCc1c(CC)nc2nc(N)nn2c1N.Cc1c(Br)c2ccc(F)cc2n1S(=O)(=O)c1ncn(S(=O)(=O)N(C)C)n1. The summed E-state index contributed by atoms with van der Waals surface area (Å²) < 4.78 is 67.9. The van der Waals surface area contributed by atoms with Gasteiger partial charge in [-0.15, -0.1) is 14.3 Å². The Bertz CT molecular complexity index is 2110. The highest BCUT2D eigenvalue weighted by molar-refractivity contribution is 9.10. The Labute approximate surface area is 281 Å². The fourth-order valence-electron chi connectivity index (χ4n) is 5.01. The summed E-state index contributed by atoms with van der Waals surface area (Å²) in [5.74, 6) is 0.726. The number of anilines is 2. The molecule has 0 bridgehead atoms.